The molecule has 0 bridgehead atoms. The highest BCUT2D eigenvalue weighted by Gasteiger charge is 2.61. The lowest BCUT2D eigenvalue weighted by molar-refractivity contribution is -0.249. The van der Waals surface area contributed by atoms with Crippen LogP contribution in [0.5, 0.6) is 0 Å². The van der Waals surface area contributed by atoms with Gasteiger partial charge in [-0.1, -0.05) is 23.2 Å². The fourth-order valence-corrected chi connectivity index (χ4v) is 1.78. The SMILES string of the molecule is N=C(Nc1c(Cl)cc(C(F)(F)F)cc1Cl)C(F)(F)C(F)(F)F. The molecule has 0 aromatic heterocycles. The van der Waals surface area contributed by atoms with Crippen molar-refractivity contribution >= 4 is 34.7 Å². The first-order valence-corrected chi connectivity index (χ1v) is 5.80. The lowest BCUT2D eigenvalue weighted by atomic mass is 10.2. The Morgan fingerprint density at radius 2 is 1.32 bits per heavy atom. The van der Waals surface area contributed by atoms with Crippen LogP contribution in [0.15, 0.2) is 12.1 Å². The van der Waals surface area contributed by atoms with Crippen molar-refractivity contribution in [2.24, 2.45) is 0 Å². The Balaban J connectivity index is 3.18. The molecule has 0 aliphatic rings. The van der Waals surface area contributed by atoms with Crippen LogP contribution < -0.4 is 5.32 Å². The second-order valence-corrected chi connectivity index (χ2v) is 4.70. The van der Waals surface area contributed by atoms with Crippen LogP contribution in [0.25, 0.3) is 0 Å². The van der Waals surface area contributed by atoms with Crippen molar-refractivity contribution in [3.63, 3.8) is 0 Å². The molecule has 0 unspecified atom stereocenters. The Hall–Kier alpha value is -1.29. The van der Waals surface area contributed by atoms with Crippen molar-refractivity contribution in [3.05, 3.63) is 27.7 Å². The standard InChI is InChI=1S/C10H4Cl2F8N2/c11-4-1-3(9(15,16)17)2-5(12)6(4)22-7(21)8(13,14)10(18,19)20/h1-2H,(H2,21,22). The molecule has 0 atom stereocenters. The topological polar surface area (TPSA) is 35.9 Å². The molecule has 12 heteroatoms. The highest BCUT2D eigenvalue weighted by atomic mass is 35.5. The van der Waals surface area contributed by atoms with Crippen molar-refractivity contribution in [2.45, 2.75) is 18.3 Å². The number of amidine groups is 1. The summed E-state index contributed by atoms with van der Waals surface area (Å²) in [6.07, 6.45) is -10.9. The van der Waals surface area contributed by atoms with E-state index in [1.54, 1.807) is 0 Å². The number of hydrogen-bond donors (Lipinski definition) is 2. The van der Waals surface area contributed by atoms with E-state index in [4.69, 9.17) is 28.6 Å². The number of alkyl halides is 8. The fourth-order valence-electron chi connectivity index (χ4n) is 1.20. The summed E-state index contributed by atoms with van der Waals surface area (Å²) in [5.41, 5.74) is -2.20. The minimum Gasteiger partial charge on any atom is -0.336 e. The van der Waals surface area contributed by atoms with Gasteiger partial charge in [-0.05, 0) is 12.1 Å². The van der Waals surface area contributed by atoms with Gasteiger partial charge in [0.2, 0.25) is 0 Å². The monoisotopic (exact) mass is 374 g/mol. The zero-order chi connectivity index (χ0) is 17.5. The number of rotatable bonds is 2. The molecule has 22 heavy (non-hydrogen) atoms. The number of hydrogen-bond acceptors (Lipinski definition) is 1. The van der Waals surface area contributed by atoms with E-state index in [0.29, 0.717) is 0 Å². The van der Waals surface area contributed by atoms with E-state index in [9.17, 15) is 35.1 Å². The van der Waals surface area contributed by atoms with E-state index in [-0.39, 0.29) is 12.1 Å². The summed E-state index contributed by atoms with van der Waals surface area (Å²) in [6, 6.07) is 0.545. The average Bonchev–Trinajstić information content (AvgIpc) is 2.30. The third kappa shape index (κ3) is 3.72. The molecule has 0 saturated carbocycles. The molecule has 0 heterocycles. The summed E-state index contributed by atoms with van der Waals surface area (Å²) in [6.45, 7) is 0. The first kappa shape index (κ1) is 18.8. The molecule has 1 aromatic rings. The van der Waals surface area contributed by atoms with Crippen LogP contribution >= 0.6 is 23.2 Å². The predicted octanol–water partition coefficient (Wildman–Crippen LogP) is 5.60. The van der Waals surface area contributed by atoms with Gasteiger partial charge in [-0.2, -0.15) is 35.1 Å². The van der Waals surface area contributed by atoms with Crippen LogP contribution in [0.1, 0.15) is 5.56 Å². The number of benzene rings is 1. The Bertz CT molecular complexity index is 571. The largest absolute Gasteiger partial charge is 0.461 e. The van der Waals surface area contributed by atoms with Gasteiger partial charge in [-0.3, -0.25) is 5.41 Å². The van der Waals surface area contributed by atoms with Crippen LogP contribution in [0, 0.1) is 5.41 Å². The number of halogens is 10. The summed E-state index contributed by atoms with van der Waals surface area (Å²) in [5.74, 6) is -7.88. The molecular weight excluding hydrogens is 371 g/mol. The zero-order valence-electron chi connectivity index (χ0n) is 9.93. The zero-order valence-corrected chi connectivity index (χ0v) is 11.4. The van der Waals surface area contributed by atoms with Gasteiger partial charge < -0.3 is 5.32 Å². The normalized spacial score (nSPS) is 13.2. The van der Waals surface area contributed by atoms with E-state index in [1.165, 1.54) is 5.32 Å². The van der Waals surface area contributed by atoms with Crippen molar-refractivity contribution in [3.8, 4) is 0 Å². The minimum atomic E-state index is -6.07. The van der Waals surface area contributed by atoms with Crippen LogP contribution in [0.4, 0.5) is 40.8 Å². The first-order valence-electron chi connectivity index (χ1n) is 5.04. The molecule has 0 aliphatic carbocycles. The van der Waals surface area contributed by atoms with Crippen molar-refractivity contribution < 1.29 is 35.1 Å². The van der Waals surface area contributed by atoms with Gasteiger partial charge in [0.05, 0.1) is 21.3 Å². The second-order valence-electron chi connectivity index (χ2n) is 3.88. The minimum absolute atomic E-state index is 0.273. The van der Waals surface area contributed by atoms with Crippen LogP contribution in [-0.2, 0) is 6.18 Å². The molecule has 2 N–H and O–H groups in total. The Morgan fingerprint density at radius 3 is 1.64 bits per heavy atom. The van der Waals surface area contributed by atoms with Crippen molar-refractivity contribution in [2.75, 3.05) is 5.32 Å². The summed E-state index contributed by atoms with van der Waals surface area (Å²) in [4.78, 5) is 0. The molecule has 0 saturated heterocycles. The molecule has 0 aliphatic heterocycles. The molecule has 0 radical (unpaired) electrons. The van der Waals surface area contributed by atoms with Gasteiger partial charge in [0.25, 0.3) is 0 Å². The Morgan fingerprint density at radius 1 is 0.909 bits per heavy atom. The van der Waals surface area contributed by atoms with E-state index in [1.807, 2.05) is 0 Å². The predicted molar refractivity (Wildman–Crippen MR) is 63.8 cm³/mol. The Kier molecular flexibility index (Phi) is 4.88. The first-order chi connectivity index (χ1) is 9.68. The molecule has 2 nitrogen and oxygen atoms in total. The van der Waals surface area contributed by atoms with Gasteiger partial charge in [-0.15, -0.1) is 0 Å². The molecular formula is C10H4Cl2F8N2. The molecule has 1 aromatic carbocycles. The van der Waals surface area contributed by atoms with Crippen LogP contribution in [-0.4, -0.2) is 17.9 Å². The maximum atomic E-state index is 12.9. The second kappa shape index (κ2) is 5.73. The summed E-state index contributed by atoms with van der Waals surface area (Å²) in [5, 5.41) is 6.27. The van der Waals surface area contributed by atoms with E-state index in [0.717, 1.165) is 0 Å². The van der Waals surface area contributed by atoms with Gasteiger partial charge in [-0.25, -0.2) is 0 Å². The molecule has 0 amide bonds. The van der Waals surface area contributed by atoms with E-state index < -0.39 is 45.4 Å². The smallest absolute Gasteiger partial charge is 0.336 e. The highest BCUT2D eigenvalue weighted by molar-refractivity contribution is 6.40. The molecule has 0 fully saturated rings. The Labute approximate surface area is 127 Å². The number of anilines is 1. The summed E-state index contributed by atoms with van der Waals surface area (Å²) < 4.78 is 99.2. The maximum Gasteiger partial charge on any atom is 0.461 e. The quantitative estimate of drug-likeness (QED) is 0.394. The lowest BCUT2D eigenvalue weighted by Gasteiger charge is -2.22. The number of nitrogens with one attached hydrogen (secondary N) is 2. The fraction of sp³-hybridized carbons (Fsp3) is 0.300. The van der Waals surface area contributed by atoms with Crippen LogP contribution in [0.3, 0.4) is 0 Å². The van der Waals surface area contributed by atoms with Gasteiger partial charge in [0.15, 0.2) is 5.84 Å². The van der Waals surface area contributed by atoms with Crippen LogP contribution in [0.2, 0.25) is 10.0 Å². The summed E-state index contributed by atoms with van der Waals surface area (Å²) >= 11 is 10.8. The van der Waals surface area contributed by atoms with E-state index >= 15 is 0 Å². The van der Waals surface area contributed by atoms with Gasteiger partial charge in [0.1, 0.15) is 0 Å². The maximum absolute atomic E-state index is 12.9. The average molecular weight is 375 g/mol. The lowest BCUT2D eigenvalue weighted by Crippen LogP contribution is -2.47. The molecule has 124 valence electrons. The summed E-state index contributed by atoms with van der Waals surface area (Å²) in [7, 11) is 0. The van der Waals surface area contributed by atoms with Crippen molar-refractivity contribution in [1.29, 1.82) is 5.41 Å². The third-order valence-electron chi connectivity index (χ3n) is 2.29. The van der Waals surface area contributed by atoms with Gasteiger partial charge >= 0.3 is 18.3 Å². The molecule has 1 rings (SSSR count). The van der Waals surface area contributed by atoms with Gasteiger partial charge in [0, 0.05) is 0 Å². The van der Waals surface area contributed by atoms with E-state index in [2.05, 4.69) is 0 Å². The highest BCUT2D eigenvalue weighted by Crippen LogP contribution is 2.41. The third-order valence-corrected chi connectivity index (χ3v) is 2.89. The van der Waals surface area contributed by atoms with Crippen molar-refractivity contribution in [1.82, 2.24) is 0 Å². The molecule has 0 spiro atoms.